The second-order valence-corrected chi connectivity index (χ2v) is 5.14. The van der Waals surface area contributed by atoms with E-state index in [0.29, 0.717) is 22.8 Å². The Morgan fingerprint density at radius 2 is 2.12 bits per heavy atom. The van der Waals surface area contributed by atoms with Gasteiger partial charge in [0.05, 0.1) is 25.4 Å². The van der Waals surface area contributed by atoms with Gasteiger partial charge in [-0.15, -0.1) is 0 Å². The van der Waals surface area contributed by atoms with Crippen LogP contribution in [0.4, 0.5) is 8.78 Å². The number of carbonyl (C=O) groups excluding carboxylic acids is 2. The molecule has 24 heavy (non-hydrogen) atoms. The molecule has 0 spiro atoms. The van der Waals surface area contributed by atoms with E-state index in [2.05, 4.69) is 9.72 Å². The molecule has 0 atom stereocenters. The lowest BCUT2D eigenvalue weighted by Gasteiger charge is -2.07. The molecule has 0 saturated heterocycles. The van der Waals surface area contributed by atoms with E-state index in [1.165, 1.54) is 37.7 Å². The number of benzene rings is 1. The summed E-state index contributed by atoms with van der Waals surface area (Å²) in [5.74, 6) is -1.96. The number of methoxy groups -OCH3 is 1. The molecule has 2 heterocycles. The van der Waals surface area contributed by atoms with Gasteiger partial charge in [0.2, 0.25) is 0 Å². The number of halogens is 2. The molecular weight excluding hydrogens is 318 g/mol. The Labute approximate surface area is 135 Å². The van der Waals surface area contributed by atoms with Gasteiger partial charge in [0.15, 0.2) is 6.29 Å². The predicted octanol–water partition coefficient (Wildman–Crippen LogP) is 2.96. The molecule has 3 rings (SSSR count). The third-order valence-corrected chi connectivity index (χ3v) is 3.68. The smallest absolute Gasteiger partial charge is 0.356 e. The number of pyridine rings is 1. The normalized spacial score (nSPS) is 10.8. The molecule has 122 valence electrons. The number of aromatic nitrogens is 2. The number of hydrogen-bond donors (Lipinski definition) is 0. The molecule has 0 aliphatic carbocycles. The minimum atomic E-state index is -0.677. The highest BCUT2D eigenvalue weighted by atomic mass is 19.1. The SMILES string of the molecule is COC(=O)c1cc2c(C=O)cn(Cc3ccc(F)cc3F)c2cn1. The summed E-state index contributed by atoms with van der Waals surface area (Å²) in [6.07, 6.45) is 3.58. The number of ether oxygens (including phenoxy) is 1. The second-order valence-electron chi connectivity index (χ2n) is 5.14. The molecule has 0 aliphatic heterocycles. The number of hydrogen-bond acceptors (Lipinski definition) is 4. The van der Waals surface area contributed by atoms with Crippen molar-refractivity contribution in [2.75, 3.05) is 7.11 Å². The average molecular weight is 330 g/mol. The second kappa shape index (κ2) is 6.19. The van der Waals surface area contributed by atoms with E-state index in [1.807, 2.05) is 0 Å². The number of aldehydes is 1. The molecule has 0 amide bonds. The van der Waals surface area contributed by atoms with E-state index < -0.39 is 17.6 Å². The molecule has 0 N–H and O–H groups in total. The number of esters is 1. The van der Waals surface area contributed by atoms with Crippen molar-refractivity contribution in [3.05, 3.63) is 65.1 Å². The Bertz CT molecular complexity index is 950. The standard InChI is InChI=1S/C17H12F2N2O3/c1-24-17(23)15-5-13-11(9-22)8-21(16(13)6-20-15)7-10-2-3-12(18)4-14(10)19/h2-6,8-9H,7H2,1H3. The third-order valence-electron chi connectivity index (χ3n) is 3.68. The van der Waals surface area contributed by atoms with Crippen LogP contribution in [-0.2, 0) is 11.3 Å². The fourth-order valence-corrected chi connectivity index (χ4v) is 2.49. The van der Waals surface area contributed by atoms with Crippen molar-refractivity contribution in [1.29, 1.82) is 0 Å². The third kappa shape index (κ3) is 2.76. The van der Waals surface area contributed by atoms with Crippen molar-refractivity contribution < 1.29 is 23.1 Å². The van der Waals surface area contributed by atoms with Crippen molar-refractivity contribution in [3.8, 4) is 0 Å². The Balaban J connectivity index is 2.08. The first kappa shape index (κ1) is 15.8. The zero-order chi connectivity index (χ0) is 17.3. The molecule has 0 fully saturated rings. The Kier molecular flexibility index (Phi) is 4.07. The molecule has 2 aromatic heterocycles. The van der Waals surface area contributed by atoms with Gasteiger partial charge in [-0.1, -0.05) is 6.07 Å². The molecule has 1 aromatic carbocycles. The molecule has 3 aromatic rings. The lowest BCUT2D eigenvalue weighted by Crippen LogP contribution is -2.05. The number of fused-ring (bicyclic) bond motifs is 1. The Morgan fingerprint density at radius 3 is 2.79 bits per heavy atom. The zero-order valence-electron chi connectivity index (χ0n) is 12.6. The Morgan fingerprint density at radius 1 is 1.33 bits per heavy atom. The summed E-state index contributed by atoms with van der Waals surface area (Å²) in [5.41, 5.74) is 1.22. The van der Waals surface area contributed by atoms with E-state index in [4.69, 9.17) is 0 Å². The van der Waals surface area contributed by atoms with Gasteiger partial charge in [-0.2, -0.15) is 0 Å². The first-order valence-electron chi connectivity index (χ1n) is 6.99. The maximum atomic E-state index is 13.8. The molecule has 0 saturated carbocycles. The van der Waals surface area contributed by atoms with Crippen LogP contribution < -0.4 is 0 Å². The maximum Gasteiger partial charge on any atom is 0.356 e. The van der Waals surface area contributed by atoms with Crippen molar-refractivity contribution in [2.45, 2.75) is 6.54 Å². The van der Waals surface area contributed by atoms with Gasteiger partial charge in [0.1, 0.15) is 17.3 Å². The van der Waals surface area contributed by atoms with E-state index >= 15 is 0 Å². The van der Waals surface area contributed by atoms with Crippen LogP contribution in [0.1, 0.15) is 26.4 Å². The van der Waals surface area contributed by atoms with Gasteiger partial charge in [-0.05, 0) is 12.1 Å². The molecule has 0 unspecified atom stereocenters. The van der Waals surface area contributed by atoms with Crippen LogP contribution in [0.2, 0.25) is 0 Å². The minimum absolute atomic E-state index is 0.0683. The first-order chi connectivity index (χ1) is 11.5. The van der Waals surface area contributed by atoms with Crippen LogP contribution in [0.25, 0.3) is 10.9 Å². The summed E-state index contributed by atoms with van der Waals surface area (Å²) in [4.78, 5) is 26.8. The predicted molar refractivity (Wildman–Crippen MR) is 81.9 cm³/mol. The average Bonchev–Trinajstić information content (AvgIpc) is 2.93. The van der Waals surface area contributed by atoms with Crippen LogP contribution >= 0.6 is 0 Å². The Hall–Kier alpha value is -3.09. The van der Waals surface area contributed by atoms with Crippen LogP contribution in [0.15, 0.2) is 36.7 Å². The molecular formula is C17H12F2N2O3. The van der Waals surface area contributed by atoms with Gasteiger partial charge < -0.3 is 9.30 Å². The van der Waals surface area contributed by atoms with Crippen molar-refractivity contribution >= 4 is 23.2 Å². The summed E-state index contributed by atoms with van der Waals surface area (Å²) in [6.45, 7) is 0.0930. The van der Waals surface area contributed by atoms with Crippen molar-refractivity contribution in [3.63, 3.8) is 0 Å². The molecule has 0 radical (unpaired) electrons. The van der Waals surface area contributed by atoms with Crippen LogP contribution in [0, 0.1) is 11.6 Å². The minimum Gasteiger partial charge on any atom is -0.464 e. The number of nitrogens with zero attached hydrogens (tertiary/aromatic N) is 2. The van der Waals surface area contributed by atoms with E-state index in [0.717, 1.165) is 6.07 Å². The fourth-order valence-electron chi connectivity index (χ4n) is 2.49. The molecule has 7 heteroatoms. The summed E-state index contributed by atoms with van der Waals surface area (Å²) in [5, 5.41) is 0.503. The fraction of sp³-hybridized carbons (Fsp3) is 0.118. The van der Waals surface area contributed by atoms with E-state index in [1.54, 1.807) is 4.57 Å². The topological polar surface area (TPSA) is 61.2 Å². The molecule has 5 nitrogen and oxygen atoms in total. The van der Waals surface area contributed by atoms with Gasteiger partial charge in [0, 0.05) is 28.8 Å². The van der Waals surface area contributed by atoms with Gasteiger partial charge in [-0.25, -0.2) is 18.6 Å². The molecule has 0 bridgehead atoms. The van der Waals surface area contributed by atoms with Gasteiger partial charge >= 0.3 is 5.97 Å². The zero-order valence-corrected chi connectivity index (χ0v) is 12.6. The summed E-state index contributed by atoms with van der Waals surface area (Å²) < 4.78 is 33.1. The number of carbonyl (C=O) groups is 2. The maximum absolute atomic E-state index is 13.8. The van der Waals surface area contributed by atoms with E-state index in [-0.39, 0.29) is 17.8 Å². The quantitative estimate of drug-likeness (QED) is 0.545. The molecule has 0 aliphatic rings. The van der Waals surface area contributed by atoms with E-state index in [9.17, 15) is 18.4 Å². The summed E-state index contributed by atoms with van der Waals surface area (Å²) in [6, 6.07) is 4.75. The first-order valence-corrected chi connectivity index (χ1v) is 6.99. The highest BCUT2D eigenvalue weighted by molar-refractivity contribution is 6.00. The summed E-state index contributed by atoms with van der Waals surface area (Å²) >= 11 is 0. The van der Waals surface area contributed by atoms with Crippen LogP contribution in [0.3, 0.4) is 0 Å². The lowest BCUT2D eigenvalue weighted by molar-refractivity contribution is 0.0594. The van der Waals surface area contributed by atoms with Crippen molar-refractivity contribution in [1.82, 2.24) is 9.55 Å². The highest BCUT2D eigenvalue weighted by Crippen LogP contribution is 2.23. The summed E-state index contributed by atoms with van der Waals surface area (Å²) in [7, 11) is 1.23. The number of rotatable bonds is 4. The van der Waals surface area contributed by atoms with Crippen molar-refractivity contribution in [2.24, 2.45) is 0 Å². The monoisotopic (exact) mass is 330 g/mol. The lowest BCUT2D eigenvalue weighted by atomic mass is 10.2. The van der Waals surface area contributed by atoms with Crippen LogP contribution in [-0.4, -0.2) is 28.9 Å². The largest absolute Gasteiger partial charge is 0.464 e. The van der Waals surface area contributed by atoms with Crippen LogP contribution in [0.5, 0.6) is 0 Å². The van der Waals surface area contributed by atoms with Gasteiger partial charge in [0.25, 0.3) is 0 Å². The highest BCUT2D eigenvalue weighted by Gasteiger charge is 2.15. The van der Waals surface area contributed by atoms with Gasteiger partial charge in [-0.3, -0.25) is 4.79 Å².